The molecule has 0 amide bonds. The van der Waals surface area contributed by atoms with Gasteiger partial charge >= 0.3 is 8.02 Å². The fourth-order valence-electron chi connectivity index (χ4n) is 2.70. The second kappa shape index (κ2) is 7.16. The van der Waals surface area contributed by atoms with Crippen molar-refractivity contribution in [1.29, 1.82) is 0 Å². The minimum atomic E-state index is -2.73. The third-order valence-corrected chi connectivity index (χ3v) is 6.50. The van der Waals surface area contributed by atoms with Gasteiger partial charge in [0.1, 0.15) is 0 Å². The number of nitrogens with zero attached hydrogens (tertiary/aromatic N) is 2. The molecule has 0 aliphatic carbocycles. The molecule has 0 radical (unpaired) electrons. The molecule has 0 saturated carbocycles. The molecule has 0 atom stereocenters. The summed E-state index contributed by atoms with van der Waals surface area (Å²) in [6, 6.07) is 0.957. The lowest BCUT2D eigenvalue weighted by Gasteiger charge is -2.42. The largest absolute Gasteiger partial charge is 0.434 e. The van der Waals surface area contributed by atoms with Crippen molar-refractivity contribution in [2.24, 2.45) is 0 Å². The third-order valence-electron chi connectivity index (χ3n) is 2.96. The van der Waals surface area contributed by atoms with Crippen molar-refractivity contribution >= 4 is 8.02 Å². The van der Waals surface area contributed by atoms with Crippen molar-refractivity contribution < 1.29 is 9.42 Å². The highest BCUT2D eigenvalue weighted by Gasteiger charge is 2.56. The molecule has 0 aliphatic heterocycles. The smallest absolute Gasteiger partial charge is 0.187 e. The van der Waals surface area contributed by atoms with Gasteiger partial charge in [-0.15, -0.1) is 9.34 Å². The van der Waals surface area contributed by atoms with Crippen LogP contribution in [0, 0.1) is 0 Å². The number of rotatable bonds is 7. The fourth-order valence-corrected chi connectivity index (χ4v) is 5.73. The van der Waals surface area contributed by atoms with Gasteiger partial charge in [0.2, 0.25) is 0 Å². The molecule has 4 nitrogen and oxygen atoms in total. The van der Waals surface area contributed by atoms with Gasteiger partial charge in [-0.05, 0) is 55.4 Å². The summed E-state index contributed by atoms with van der Waals surface area (Å²) in [5, 5.41) is 0. The molecule has 18 heavy (non-hydrogen) atoms. The van der Waals surface area contributed by atoms with Crippen molar-refractivity contribution in [2.75, 3.05) is 7.11 Å². The fraction of sp³-hybridized carbons (Fsp3) is 1.00. The van der Waals surface area contributed by atoms with Crippen LogP contribution in [0.5, 0.6) is 0 Å². The van der Waals surface area contributed by atoms with Crippen molar-refractivity contribution in [3.63, 3.8) is 0 Å². The van der Waals surface area contributed by atoms with E-state index in [0.717, 1.165) is 0 Å². The standard InChI is InChI=1S/C13H32N2O2P/c1-10(2)14(11(3)4)18(16,17-9)15(12(5)6)13(7)8/h10-13,16H,1-9H3/q+1. The zero-order valence-corrected chi connectivity index (χ0v) is 14.4. The van der Waals surface area contributed by atoms with Gasteiger partial charge < -0.3 is 0 Å². The maximum atomic E-state index is 11.2. The van der Waals surface area contributed by atoms with Crippen LogP contribution < -0.4 is 0 Å². The molecule has 0 aliphatic rings. The lowest BCUT2D eigenvalue weighted by atomic mass is 10.3. The van der Waals surface area contributed by atoms with Crippen LogP contribution in [0.2, 0.25) is 0 Å². The third kappa shape index (κ3) is 3.88. The van der Waals surface area contributed by atoms with Crippen molar-refractivity contribution in [1.82, 2.24) is 9.34 Å². The van der Waals surface area contributed by atoms with Crippen LogP contribution in [0.4, 0.5) is 0 Å². The molecule has 0 saturated heterocycles. The highest BCUT2D eigenvalue weighted by Crippen LogP contribution is 2.65. The molecule has 0 aromatic heterocycles. The SMILES string of the molecule is CO[P+](O)(N(C(C)C)C(C)C)N(C(C)C)C(C)C. The van der Waals surface area contributed by atoms with E-state index in [2.05, 4.69) is 64.7 Å². The van der Waals surface area contributed by atoms with Gasteiger partial charge in [-0.3, -0.25) is 0 Å². The van der Waals surface area contributed by atoms with Crippen LogP contribution in [0.25, 0.3) is 0 Å². The lowest BCUT2D eigenvalue weighted by Crippen LogP contribution is -2.48. The monoisotopic (exact) mass is 279 g/mol. The molecular weight excluding hydrogens is 247 g/mol. The predicted molar refractivity (Wildman–Crippen MR) is 80.4 cm³/mol. The molecule has 0 rings (SSSR count). The average Bonchev–Trinajstić information content (AvgIpc) is 2.14. The highest BCUT2D eigenvalue weighted by molar-refractivity contribution is 7.60. The normalized spacial score (nSPS) is 14.0. The maximum absolute atomic E-state index is 11.2. The van der Waals surface area contributed by atoms with Crippen LogP contribution in [-0.4, -0.2) is 45.5 Å². The molecule has 0 aromatic carbocycles. The first kappa shape index (κ1) is 18.3. The van der Waals surface area contributed by atoms with E-state index in [1.165, 1.54) is 0 Å². The van der Waals surface area contributed by atoms with Gasteiger partial charge in [0, 0.05) is 24.2 Å². The molecule has 0 fully saturated rings. The Labute approximate surface area is 114 Å². The lowest BCUT2D eigenvalue weighted by molar-refractivity contribution is 0.138. The summed E-state index contributed by atoms with van der Waals surface area (Å²) in [4.78, 5) is 11.2. The zero-order valence-electron chi connectivity index (χ0n) is 13.5. The predicted octanol–water partition coefficient (Wildman–Crippen LogP) is 3.54. The van der Waals surface area contributed by atoms with E-state index in [1.54, 1.807) is 7.11 Å². The summed E-state index contributed by atoms with van der Waals surface area (Å²) in [6.07, 6.45) is 0. The summed E-state index contributed by atoms with van der Waals surface area (Å²) in [7, 11) is -1.11. The summed E-state index contributed by atoms with van der Waals surface area (Å²) < 4.78 is 9.83. The Morgan fingerprint density at radius 3 is 1.06 bits per heavy atom. The summed E-state index contributed by atoms with van der Waals surface area (Å²) in [6.45, 7) is 16.8. The minimum absolute atomic E-state index is 0.239. The van der Waals surface area contributed by atoms with E-state index >= 15 is 0 Å². The second-order valence-corrected chi connectivity index (χ2v) is 8.15. The molecule has 0 spiro atoms. The molecular formula is C13H32N2O2P+. The molecule has 0 aromatic rings. The molecule has 1 N–H and O–H groups in total. The molecule has 0 bridgehead atoms. The van der Waals surface area contributed by atoms with Crippen molar-refractivity contribution in [3.05, 3.63) is 0 Å². The van der Waals surface area contributed by atoms with Gasteiger partial charge in [0.05, 0.1) is 7.11 Å². The Balaban J connectivity index is 5.53. The quantitative estimate of drug-likeness (QED) is 0.723. The van der Waals surface area contributed by atoms with E-state index in [4.69, 9.17) is 4.52 Å². The average molecular weight is 279 g/mol. The van der Waals surface area contributed by atoms with Gasteiger partial charge in [0.15, 0.2) is 0 Å². The van der Waals surface area contributed by atoms with Crippen LogP contribution in [0.15, 0.2) is 0 Å². The van der Waals surface area contributed by atoms with E-state index < -0.39 is 8.02 Å². The van der Waals surface area contributed by atoms with Gasteiger partial charge in [-0.1, -0.05) is 0 Å². The van der Waals surface area contributed by atoms with Crippen molar-refractivity contribution in [2.45, 2.75) is 79.6 Å². The topological polar surface area (TPSA) is 35.9 Å². The molecule has 0 unspecified atom stereocenters. The highest BCUT2D eigenvalue weighted by atomic mass is 31.2. The Hall–Kier alpha value is 0.270. The van der Waals surface area contributed by atoms with Crippen molar-refractivity contribution in [3.8, 4) is 0 Å². The van der Waals surface area contributed by atoms with E-state index in [1.807, 2.05) is 0 Å². The maximum Gasteiger partial charge on any atom is 0.434 e. The van der Waals surface area contributed by atoms with Crippen LogP contribution in [0.1, 0.15) is 55.4 Å². The summed E-state index contributed by atoms with van der Waals surface area (Å²) in [5.41, 5.74) is 0. The first-order chi connectivity index (χ1) is 8.09. The van der Waals surface area contributed by atoms with E-state index in [-0.39, 0.29) is 24.2 Å². The molecule has 110 valence electrons. The van der Waals surface area contributed by atoms with Crippen LogP contribution in [-0.2, 0) is 4.52 Å². The van der Waals surface area contributed by atoms with Gasteiger partial charge in [-0.25, -0.2) is 0 Å². The second-order valence-electron chi connectivity index (χ2n) is 5.83. The zero-order chi connectivity index (χ0) is 14.7. The Kier molecular flexibility index (Phi) is 7.27. The summed E-state index contributed by atoms with van der Waals surface area (Å²) >= 11 is 0. The molecule has 5 heteroatoms. The van der Waals surface area contributed by atoms with Crippen LogP contribution >= 0.6 is 8.02 Å². The Morgan fingerprint density at radius 1 is 0.722 bits per heavy atom. The van der Waals surface area contributed by atoms with E-state index in [9.17, 15) is 4.89 Å². The summed E-state index contributed by atoms with van der Waals surface area (Å²) in [5.74, 6) is 0. The number of hydrogen-bond donors (Lipinski definition) is 1. The van der Waals surface area contributed by atoms with Gasteiger partial charge in [0.25, 0.3) is 0 Å². The Morgan fingerprint density at radius 2 is 0.944 bits per heavy atom. The van der Waals surface area contributed by atoms with Gasteiger partial charge in [-0.2, -0.15) is 9.42 Å². The minimum Gasteiger partial charge on any atom is -0.187 e. The Bertz CT molecular complexity index is 209. The first-order valence-electron chi connectivity index (χ1n) is 6.84. The van der Waals surface area contributed by atoms with E-state index in [0.29, 0.717) is 0 Å². The molecule has 0 heterocycles. The number of hydrogen-bond acceptors (Lipinski definition) is 4. The van der Waals surface area contributed by atoms with Crippen LogP contribution in [0.3, 0.4) is 0 Å². The first-order valence-corrected chi connectivity index (χ1v) is 8.41.